The zero-order chi connectivity index (χ0) is 25.3. The topological polar surface area (TPSA) is 133 Å². The predicted molar refractivity (Wildman–Crippen MR) is 127 cm³/mol. The van der Waals surface area contributed by atoms with Crippen LogP contribution in [-0.2, 0) is 11.3 Å². The van der Waals surface area contributed by atoms with E-state index in [0.29, 0.717) is 23.6 Å². The zero-order valence-electron chi connectivity index (χ0n) is 19.7. The lowest BCUT2D eigenvalue weighted by atomic mass is 10.1. The second kappa shape index (κ2) is 9.37. The van der Waals surface area contributed by atoms with Gasteiger partial charge in [-0.25, -0.2) is 9.59 Å². The molecule has 2 aromatic carbocycles. The van der Waals surface area contributed by atoms with E-state index >= 15 is 0 Å². The first-order valence-corrected chi connectivity index (χ1v) is 10.7. The van der Waals surface area contributed by atoms with Gasteiger partial charge in [0.15, 0.2) is 6.04 Å². The molecule has 11 heteroatoms. The monoisotopic (exact) mass is 479 g/mol. The average Bonchev–Trinajstić information content (AvgIpc) is 3.48. The van der Waals surface area contributed by atoms with Crippen molar-refractivity contribution >= 4 is 40.5 Å². The maximum atomic E-state index is 11.6. The summed E-state index contributed by atoms with van der Waals surface area (Å²) in [4.78, 5) is 49.1. The summed E-state index contributed by atoms with van der Waals surface area (Å²) in [5.41, 5.74) is 3.01. The molecule has 3 heterocycles. The van der Waals surface area contributed by atoms with Crippen LogP contribution in [0.1, 0.15) is 27.7 Å². The fourth-order valence-corrected chi connectivity index (χ4v) is 3.69. The third-order valence-electron chi connectivity index (χ3n) is 5.55. The number of nitrogens with zero attached hydrogens (tertiary/aromatic N) is 2. The first kappa shape index (κ1) is 23.6. The van der Waals surface area contributed by atoms with Crippen LogP contribution < -0.4 is 20.7 Å². The summed E-state index contributed by atoms with van der Waals surface area (Å²) in [5.74, 6) is 0.705. The number of methoxy groups -OCH3 is 1. The van der Waals surface area contributed by atoms with Crippen LogP contribution in [0.4, 0.5) is 15.3 Å². The summed E-state index contributed by atoms with van der Waals surface area (Å²) in [6, 6.07) is 10.8. The van der Waals surface area contributed by atoms with Crippen molar-refractivity contribution in [2.45, 2.75) is 12.6 Å². The van der Waals surface area contributed by atoms with Crippen LogP contribution >= 0.6 is 0 Å². The lowest BCUT2D eigenvalue weighted by molar-refractivity contribution is -0.120. The van der Waals surface area contributed by atoms with Crippen LogP contribution in [-0.4, -0.2) is 61.9 Å². The van der Waals surface area contributed by atoms with Crippen molar-refractivity contribution in [1.29, 1.82) is 0 Å². The van der Waals surface area contributed by atoms with Crippen LogP contribution in [0.3, 0.4) is 0 Å². The Balaban J connectivity index is 0.000000189. The Morgan fingerprint density at radius 1 is 1.14 bits per heavy atom. The Kier molecular flexibility index (Phi) is 6.32. The van der Waals surface area contributed by atoms with E-state index < -0.39 is 18.0 Å². The van der Waals surface area contributed by atoms with Gasteiger partial charge in [-0.05, 0) is 42.0 Å². The number of carbonyl (C=O) groups excluding carboxylic acids is 4. The molecule has 1 atom stereocenters. The van der Waals surface area contributed by atoms with Crippen molar-refractivity contribution in [3.8, 4) is 5.75 Å². The van der Waals surface area contributed by atoms with Gasteiger partial charge >= 0.3 is 12.1 Å². The Morgan fingerprint density at radius 2 is 1.91 bits per heavy atom. The standard InChI is InChI=1S/C14H14N4O4.C10H11NO2/c1-18(2)14(21)15-8-3-4-9-7(5-8)6-10(22-9)11-12(19)17-13(20)16-11;1-11-6-7-3-4-8(13-2)5-9(7)10(11)12/h3-6,11H,1-2H3,(H,15,21)(H2,16,17,19,20);3-5H,6H2,1-2H3. The van der Waals surface area contributed by atoms with Gasteiger partial charge in [0.2, 0.25) is 0 Å². The molecule has 0 spiro atoms. The molecule has 182 valence electrons. The van der Waals surface area contributed by atoms with Gasteiger partial charge in [0.05, 0.1) is 7.11 Å². The Morgan fingerprint density at radius 3 is 2.57 bits per heavy atom. The minimum atomic E-state index is -0.834. The van der Waals surface area contributed by atoms with Crippen LogP contribution in [0.5, 0.6) is 5.75 Å². The molecule has 1 saturated heterocycles. The number of urea groups is 2. The zero-order valence-corrected chi connectivity index (χ0v) is 19.7. The van der Waals surface area contributed by atoms with Crippen molar-refractivity contribution in [1.82, 2.24) is 20.4 Å². The van der Waals surface area contributed by atoms with E-state index in [9.17, 15) is 19.2 Å². The summed E-state index contributed by atoms with van der Waals surface area (Å²) >= 11 is 0. The number of fused-ring (bicyclic) bond motifs is 2. The van der Waals surface area contributed by atoms with E-state index in [4.69, 9.17) is 9.15 Å². The number of furan rings is 1. The highest BCUT2D eigenvalue weighted by Gasteiger charge is 2.33. The molecule has 5 rings (SSSR count). The maximum absolute atomic E-state index is 11.6. The van der Waals surface area contributed by atoms with E-state index in [-0.39, 0.29) is 11.9 Å². The second-order valence-electron chi connectivity index (χ2n) is 8.31. The van der Waals surface area contributed by atoms with Crippen LogP contribution in [0.15, 0.2) is 46.9 Å². The molecule has 3 aromatic rings. The molecule has 11 nitrogen and oxygen atoms in total. The molecular formula is C24H25N5O6. The van der Waals surface area contributed by atoms with Gasteiger partial charge < -0.3 is 29.6 Å². The molecule has 2 aliphatic heterocycles. The quantitative estimate of drug-likeness (QED) is 0.495. The van der Waals surface area contributed by atoms with E-state index in [0.717, 1.165) is 22.3 Å². The first-order chi connectivity index (χ1) is 16.7. The van der Waals surface area contributed by atoms with Crippen molar-refractivity contribution in [3.05, 3.63) is 59.4 Å². The number of carbonyl (C=O) groups is 4. The van der Waals surface area contributed by atoms with E-state index in [1.165, 1.54) is 4.90 Å². The Labute approximate surface area is 201 Å². The fraction of sp³-hybridized carbons (Fsp3) is 0.250. The van der Waals surface area contributed by atoms with Gasteiger partial charge in [-0.3, -0.25) is 14.9 Å². The molecule has 3 N–H and O–H groups in total. The number of hydrogen-bond donors (Lipinski definition) is 3. The van der Waals surface area contributed by atoms with E-state index in [2.05, 4.69) is 16.0 Å². The van der Waals surface area contributed by atoms with Gasteiger partial charge in [-0.1, -0.05) is 6.07 Å². The molecular weight excluding hydrogens is 454 g/mol. The smallest absolute Gasteiger partial charge is 0.322 e. The largest absolute Gasteiger partial charge is 0.497 e. The molecule has 0 saturated carbocycles. The molecule has 0 radical (unpaired) electrons. The number of benzene rings is 2. The van der Waals surface area contributed by atoms with Crippen molar-refractivity contribution in [3.63, 3.8) is 0 Å². The molecule has 35 heavy (non-hydrogen) atoms. The number of nitrogens with one attached hydrogen (secondary N) is 3. The highest BCUT2D eigenvalue weighted by atomic mass is 16.5. The molecule has 0 bridgehead atoms. The molecule has 2 aliphatic rings. The van der Waals surface area contributed by atoms with Crippen LogP contribution in [0.25, 0.3) is 11.0 Å². The molecule has 1 unspecified atom stereocenters. The maximum Gasteiger partial charge on any atom is 0.322 e. The van der Waals surface area contributed by atoms with Gasteiger partial charge in [-0.15, -0.1) is 0 Å². The SMILES string of the molecule is CN(C)C(=O)Nc1ccc2oc(C3NC(=O)NC3=O)cc2c1.COc1ccc2c(c1)C(=O)N(C)C2. The van der Waals surface area contributed by atoms with Crippen molar-refractivity contribution in [2.75, 3.05) is 33.6 Å². The van der Waals surface area contributed by atoms with E-state index in [1.54, 1.807) is 63.5 Å². The summed E-state index contributed by atoms with van der Waals surface area (Å²) in [6.07, 6.45) is 0. The van der Waals surface area contributed by atoms with Gasteiger partial charge in [0, 0.05) is 44.3 Å². The number of rotatable bonds is 3. The van der Waals surface area contributed by atoms with Crippen LogP contribution in [0, 0.1) is 0 Å². The normalized spacial score (nSPS) is 16.3. The molecule has 6 amide bonds. The van der Waals surface area contributed by atoms with E-state index in [1.807, 2.05) is 12.1 Å². The first-order valence-electron chi connectivity index (χ1n) is 10.7. The summed E-state index contributed by atoms with van der Waals surface area (Å²) < 4.78 is 10.6. The highest BCUT2D eigenvalue weighted by molar-refractivity contribution is 6.04. The number of anilines is 1. The molecule has 1 aromatic heterocycles. The van der Waals surface area contributed by atoms with Crippen molar-refractivity contribution < 1.29 is 28.3 Å². The fourth-order valence-electron chi connectivity index (χ4n) is 3.69. The van der Waals surface area contributed by atoms with Gasteiger partial charge in [0.25, 0.3) is 11.8 Å². The Bertz CT molecular complexity index is 1330. The number of imide groups is 1. The van der Waals surface area contributed by atoms with Gasteiger partial charge in [0.1, 0.15) is 17.1 Å². The van der Waals surface area contributed by atoms with Gasteiger partial charge in [-0.2, -0.15) is 0 Å². The molecule has 0 aliphatic carbocycles. The third-order valence-corrected chi connectivity index (χ3v) is 5.55. The summed E-state index contributed by atoms with van der Waals surface area (Å²) in [6.45, 7) is 0.707. The summed E-state index contributed by atoms with van der Waals surface area (Å²) in [7, 11) is 6.69. The summed E-state index contributed by atoms with van der Waals surface area (Å²) in [5, 5.41) is 8.07. The molecule has 1 fully saturated rings. The number of hydrogen-bond acceptors (Lipinski definition) is 6. The van der Waals surface area contributed by atoms with Crippen molar-refractivity contribution in [2.24, 2.45) is 0 Å². The lowest BCUT2D eigenvalue weighted by Gasteiger charge is -2.11. The average molecular weight is 479 g/mol. The van der Waals surface area contributed by atoms with Crippen LogP contribution in [0.2, 0.25) is 0 Å². The lowest BCUT2D eigenvalue weighted by Crippen LogP contribution is -2.27. The highest BCUT2D eigenvalue weighted by Crippen LogP contribution is 2.28. The Hall–Kier alpha value is -4.54. The minimum absolute atomic E-state index is 0.0777. The third kappa shape index (κ3) is 4.88. The number of amides is 6. The number of ether oxygens (including phenoxy) is 1. The minimum Gasteiger partial charge on any atom is -0.497 e. The predicted octanol–water partition coefficient (Wildman–Crippen LogP) is 2.69. The second-order valence-corrected chi connectivity index (χ2v) is 8.31.